The minimum absolute atomic E-state index is 0.0227. The average Bonchev–Trinajstić information content (AvgIpc) is 3.74. The molecule has 2 aliphatic rings. The molecule has 1 atom stereocenters. The molecule has 0 radical (unpaired) electrons. The Kier molecular flexibility index (Phi) is 7.13. The van der Waals surface area contributed by atoms with E-state index < -0.39 is 0 Å². The van der Waals surface area contributed by atoms with Crippen molar-refractivity contribution in [3.8, 4) is 62.5 Å². The second-order valence-corrected chi connectivity index (χ2v) is 16.3. The SMILES string of the molecule is CC1(C)c2ccccc2-c2cc(-c3nc(-c4ccc(C#N)cc4)nc(-c4ccc5sc6ccc7c(c6c5c4)-c4ccccc4NC7c4ccccc4)n3)ccc21. The van der Waals surface area contributed by atoms with Crippen molar-refractivity contribution in [3.63, 3.8) is 0 Å². The van der Waals surface area contributed by atoms with E-state index in [1.807, 2.05) is 35.6 Å². The van der Waals surface area contributed by atoms with Gasteiger partial charge in [0.25, 0.3) is 0 Å². The van der Waals surface area contributed by atoms with Gasteiger partial charge in [-0.3, -0.25) is 0 Å². The fraction of sp³-hybridized carbons (Fsp3) is 0.0800. The molecule has 1 unspecified atom stereocenters. The maximum Gasteiger partial charge on any atom is 0.164 e. The van der Waals surface area contributed by atoms with Gasteiger partial charge >= 0.3 is 0 Å². The lowest BCUT2D eigenvalue weighted by Crippen LogP contribution is -2.18. The van der Waals surface area contributed by atoms with Crippen LogP contribution in [0.3, 0.4) is 0 Å². The summed E-state index contributed by atoms with van der Waals surface area (Å²) >= 11 is 1.82. The second-order valence-electron chi connectivity index (χ2n) is 15.2. The number of aromatic nitrogens is 3. The fourth-order valence-electron chi connectivity index (χ4n) is 8.84. The van der Waals surface area contributed by atoms with Gasteiger partial charge in [0.15, 0.2) is 17.5 Å². The molecule has 7 aromatic carbocycles. The standard InChI is InChI=1S/C50H33N5S/c1-50(2)39-14-8-6-12-34(39)37-26-32(20-23-40(37)50)48-53-47(31-18-16-29(28-51)17-19-31)54-49(55-48)33-21-24-42-38(27-33)45-43(56-42)25-22-36-44(45)35-13-7-9-15-41(35)52-46(36)30-10-4-3-5-11-30/h3-27,46,52H,1-2H3. The summed E-state index contributed by atoms with van der Waals surface area (Å²) < 4.78 is 2.46. The van der Waals surface area contributed by atoms with Crippen LogP contribution in [0.5, 0.6) is 0 Å². The molecule has 0 saturated heterocycles. The average molecular weight is 736 g/mol. The molecular formula is C50H33N5S. The van der Waals surface area contributed by atoms with Crippen LogP contribution in [0.1, 0.15) is 47.7 Å². The number of anilines is 1. The summed E-state index contributed by atoms with van der Waals surface area (Å²) in [5, 5.41) is 15.8. The Morgan fingerprint density at radius 3 is 2.00 bits per heavy atom. The van der Waals surface area contributed by atoms with Crippen LogP contribution in [-0.2, 0) is 5.41 Å². The number of hydrogen-bond donors (Lipinski definition) is 1. The topological polar surface area (TPSA) is 74.5 Å². The molecular weight excluding hydrogens is 703 g/mol. The van der Waals surface area contributed by atoms with Crippen LogP contribution in [0.25, 0.3) is 76.6 Å². The normalized spacial score (nSPS) is 14.7. The van der Waals surface area contributed by atoms with Crippen LogP contribution < -0.4 is 5.32 Å². The molecule has 0 amide bonds. The van der Waals surface area contributed by atoms with E-state index >= 15 is 0 Å². The first-order valence-corrected chi connectivity index (χ1v) is 19.7. The van der Waals surface area contributed by atoms with E-state index in [4.69, 9.17) is 15.0 Å². The molecule has 0 saturated carbocycles. The summed E-state index contributed by atoms with van der Waals surface area (Å²) in [5.41, 5.74) is 14.4. The lowest BCUT2D eigenvalue weighted by atomic mass is 9.82. The minimum Gasteiger partial charge on any atom is -0.374 e. The van der Waals surface area contributed by atoms with Gasteiger partial charge in [0.2, 0.25) is 0 Å². The lowest BCUT2D eigenvalue weighted by Gasteiger charge is -2.31. The first-order chi connectivity index (χ1) is 27.4. The highest BCUT2D eigenvalue weighted by Gasteiger charge is 2.35. The van der Waals surface area contributed by atoms with E-state index in [0.717, 1.165) is 22.4 Å². The number of thiophene rings is 1. The van der Waals surface area contributed by atoms with Crippen LogP contribution in [0.15, 0.2) is 152 Å². The van der Waals surface area contributed by atoms with Gasteiger partial charge in [-0.05, 0) is 99.6 Å². The Hall–Kier alpha value is -6.94. The molecule has 11 rings (SSSR count). The van der Waals surface area contributed by atoms with Gasteiger partial charge in [0.1, 0.15) is 0 Å². The highest BCUT2D eigenvalue weighted by molar-refractivity contribution is 7.26. The second kappa shape index (κ2) is 12.3. The third kappa shape index (κ3) is 4.95. The number of fused-ring (bicyclic) bond motifs is 10. The van der Waals surface area contributed by atoms with Crippen LogP contribution >= 0.6 is 11.3 Å². The van der Waals surface area contributed by atoms with Crippen molar-refractivity contribution in [2.75, 3.05) is 5.32 Å². The molecule has 56 heavy (non-hydrogen) atoms. The van der Waals surface area contributed by atoms with E-state index in [9.17, 15) is 5.26 Å². The van der Waals surface area contributed by atoms with Gasteiger partial charge < -0.3 is 5.32 Å². The van der Waals surface area contributed by atoms with Gasteiger partial charge in [-0.2, -0.15) is 5.26 Å². The number of para-hydroxylation sites is 1. The van der Waals surface area contributed by atoms with Crippen molar-refractivity contribution >= 4 is 37.2 Å². The first-order valence-electron chi connectivity index (χ1n) is 18.9. The van der Waals surface area contributed by atoms with Crippen LogP contribution in [0.4, 0.5) is 5.69 Å². The quantitative estimate of drug-likeness (QED) is 0.195. The third-order valence-electron chi connectivity index (χ3n) is 11.6. The van der Waals surface area contributed by atoms with Gasteiger partial charge in [-0.1, -0.05) is 105 Å². The van der Waals surface area contributed by atoms with Gasteiger partial charge in [0.05, 0.1) is 17.7 Å². The fourth-order valence-corrected chi connectivity index (χ4v) is 9.93. The van der Waals surface area contributed by atoms with E-state index in [1.165, 1.54) is 64.7 Å². The molecule has 0 bridgehead atoms. The zero-order valence-corrected chi connectivity index (χ0v) is 31.5. The largest absolute Gasteiger partial charge is 0.374 e. The van der Waals surface area contributed by atoms with Crippen molar-refractivity contribution in [1.82, 2.24) is 15.0 Å². The summed E-state index contributed by atoms with van der Waals surface area (Å²) in [4.78, 5) is 15.4. The molecule has 0 fully saturated rings. The summed E-state index contributed by atoms with van der Waals surface area (Å²) in [6, 6.07) is 55.5. The Labute approximate surface area is 328 Å². The maximum absolute atomic E-state index is 9.52. The molecule has 6 heteroatoms. The van der Waals surface area contributed by atoms with Crippen molar-refractivity contribution < 1.29 is 0 Å². The number of nitrogens with one attached hydrogen (secondary N) is 1. The molecule has 0 spiro atoms. The molecule has 3 heterocycles. The lowest BCUT2D eigenvalue weighted by molar-refractivity contribution is 0.660. The van der Waals surface area contributed by atoms with Crippen molar-refractivity contribution in [2.45, 2.75) is 25.3 Å². The van der Waals surface area contributed by atoms with Crippen molar-refractivity contribution in [2.24, 2.45) is 0 Å². The third-order valence-corrected chi connectivity index (χ3v) is 12.8. The first kappa shape index (κ1) is 32.5. The Morgan fingerprint density at radius 1 is 0.589 bits per heavy atom. The van der Waals surface area contributed by atoms with E-state index in [2.05, 4.69) is 153 Å². The van der Waals surface area contributed by atoms with Crippen LogP contribution in [0, 0.1) is 11.3 Å². The van der Waals surface area contributed by atoms with E-state index in [0.29, 0.717) is 23.0 Å². The summed E-state index contributed by atoms with van der Waals surface area (Å²) in [6.07, 6.45) is 0. The van der Waals surface area contributed by atoms with Gasteiger partial charge in [-0.15, -0.1) is 11.3 Å². The summed E-state index contributed by atoms with van der Waals surface area (Å²) in [6.45, 7) is 4.58. The predicted octanol–water partition coefficient (Wildman–Crippen LogP) is 12.6. The number of hydrogen-bond acceptors (Lipinski definition) is 6. The number of nitrogens with zero attached hydrogens (tertiary/aromatic N) is 4. The molecule has 1 aliphatic heterocycles. The van der Waals surface area contributed by atoms with Gasteiger partial charge in [-0.25, -0.2) is 15.0 Å². The number of nitriles is 1. The van der Waals surface area contributed by atoms with Crippen molar-refractivity contribution in [3.05, 3.63) is 179 Å². The van der Waals surface area contributed by atoms with Crippen LogP contribution in [0.2, 0.25) is 0 Å². The Morgan fingerprint density at radius 2 is 1.21 bits per heavy atom. The molecule has 1 aliphatic carbocycles. The van der Waals surface area contributed by atoms with E-state index in [-0.39, 0.29) is 11.5 Å². The molecule has 264 valence electrons. The van der Waals surface area contributed by atoms with Crippen molar-refractivity contribution in [1.29, 1.82) is 5.26 Å². The highest BCUT2D eigenvalue weighted by atomic mass is 32.1. The summed E-state index contributed by atoms with van der Waals surface area (Å²) in [7, 11) is 0. The zero-order valence-electron chi connectivity index (χ0n) is 30.7. The molecule has 2 aromatic heterocycles. The Balaban J connectivity index is 1.12. The molecule has 5 nitrogen and oxygen atoms in total. The number of benzene rings is 7. The summed E-state index contributed by atoms with van der Waals surface area (Å²) in [5.74, 6) is 1.78. The predicted molar refractivity (Wildman–Crippen MR) is 229 cm³/mol. The van der Waals surface area contributed by atoms with E-state index in [1.54, 1.807) is 0 Å². The molecule has 1 N–H and O–H groups in total. The number of rotatable bonds is 4. The Bertz CT molecular complexity index is 3100. The zero-order chi connectivity index (χ0) is 37.5. The monoisotopic (exact) mass is 735 g/mol. The highest BCUT2D eigenvalue weighted by Crippen LogP contribution is 2.51. The maximum atomic E-state index is 9.52. The minimum atomic E-state index is -0.0992. The van der Waals surface area contributed by atoms with Gasteiger partial charge in [0, 0.05) is 53.5 Å². The van der Waals surface area contributed by atoms with Crippen LogP contribution in [-0.4, -0.2) is 15.0 Å². The smallest absolute Gasteiger partial charge is 0.164 e. The molecule has 9 aromatic rings.